The number of rotatable bonds is 5. The van der Waals surface area contributed by atoms with Crippen LogP contribution in [0.4, 0.5) is 0 Å². The van der Waals surface area contributed by atoms with E-state index in [2.05, 4.69) is 42.6 Å². The average molecular weight is 537 g/mol. The molecule has 1 amide bonds. The van der Waals surface area contributed by atoms with E-state index in [1.165, 1.54) is 11.3 Å². The number of aryl methyl sites for hydroxylation is 1. The SMILES string of the molecule is CN(C)C(=O)c1ccc(C2CCN(Cc3cc4c(-c5ccc6[nH]c(=O)[nH]c(=O)c6c5)ccnc4n3C)CC2)cc1. The maximum Gasteiger partial charge on any atom is 0.326 e. The first-order chi connectivity index (χ1) is 19.3. The number of carbonyl (C=O) groups is 1. The molecule has 1 aliphatic rings. The summed E-state index contributed by atoms with van der Waals surface area (Å²) >= 11 is 0. The number of pyridine rings is 1. The Balaban J connectivity index is 1.20. The van der Waals surface area contributed by atoms with Crippen molar-refractivity contribution in [2.45, 2.75) is 25.3 Å². The summed E-state index contributed by atoms with van der Waals surface area (Å²) in [7, 11) is 5.59. The van der Waals surface area contributed by atoms with Crippen LogP contribution in [0.2, 0.25) is 0 Å². The van der Waals surface area contributed by atoms with Crippen LogP contribution >= 0.6 is 0 Å². The lowest BCUT2D eigenvalue weighted by Gasteiger charge is -2.32. The Morgan fingerprint density at radius 3 is 2.45 bits per heavy atom. The quantitative estimate of drug-likeness (QED) is 0.355. The van der Waals surface area contributed by atoms with Crippen molar-refractivity contribution in [1.82, 2.24) is 29.3 Å². The fourth-order valence-electron chi connectivity index (χ4n) is 5.82. The molecule has 1 fully saturated rings. The van der Waals surface area contributed by atoms with Crippen molar-refractivity contribution in [2.75, 3.05) is 27.2 Å². The number of piperidine rings is 1. The molecule has 6 rings (SSSR count). The highest BCUT2D eigenvalue weighted by atomic mass is 16.2. The Bertz CT molecular complexity index is 1840. The minimum Gasteiger partial charge on any atom is -0.345 e. The van der Waals surface area contributed by atoms with Gasteiger partial charge < -0.3 is 14.5 Å². The van der Waals surface area contributed by atoms with E-state index >= 15 is 0 Å². The van der Waals surface area contributed by atoms with Crippen LogP contribution in [0, 0.1) is 0 Å². The molecular weight excluding hydrogens is 504 g/mol. The highest BCUT2D eigenvalue weighted by Crippen LogP contribution is 2.33. The summed E-state index contributed by atoms with van der Waals surface area (Å²) in [4.78, 5) is 50.0. The van der Waals surface area contributed by atoms with Crippen LogP contribution in [0.15, 0.2) is 70.4 Å². The van der Waals surface area contributed by atoms with E-state index < -0.39 is 11.2 Å². The van der Waals surface area contributed by atoms with Gasteiger partial charge in [0, 0.05) is 50.5 Å². The maximum atomic E-state index is 12.4. The van der Waals surface area contributed by atoms with Crippen LogP contribution < -0.4 is 11.2 Å². The molecule has 9 heteroatoms. The molecule has 5 aromatic rings. The lowest BCUT2D eigenvalue weighted by atomic mass is 9.89. The standard InChI is InChI=1S/C31H32N6O3/c1-35(2)30(39)21-6-4-19(5-7-21)20-11-14-37(15-12-20)18-23-17-25-24(10-13-32-28(25)36(23)3)22-8-9-27-26(16-22)29(38)34-31(40)33-27/h4-10,13,16-17,20H,11-12,14-15,18H2,1-3H3,(H2,33,34,38,40). The number of nitrogens with zero attached hydrogens (tertiary/aromatic N) is 4. The number of hydrogen-bond acceptors (Lipinski definition) is 5. The minimum absolute atomic E-state index is 0.0274. The Hall–Kier alpha value is -4.50. The number of aromatic amines is 2. The van der Waals surface area contributed by atoms with Gasteiger partial charge in [-0.15, -0.1) is 0 Å². The van der Waals surface area contributed by atoms with Crippen molar-refractivity contribution in [2.24, 2.45) is 7.05 Å². The maximum absolute atomic E-state index is 12.4. The van der Waals surface area contributed by atoms with Gasteiger partial charge in [-0.25, -0.2) is 9.78 Å². The number of likely N-dealkylation sites (tertiary alicyclic amines) is 1. The van der Waals surface area contributed by atoms with Crippen molar-refractivity contribution in [3.63, 3.8) is 0 Å². The van der Waals surface area contributed by atoms with Gasteiger partial charge in [0.1, 0.15) is 5.65 Å². The van der Waals surface area contributed by atoms with Crippen molar-refractivity contribution >= 4 is 27.8 Å². The van der Waals surface area contributed by atoms with Gasteiger partial charge in [-0.05, 0) is 84.9 Å². The fourth-order valence-corrected chi connectivity index (χ4v) is 5.82. The number of benzene rings is 2. The number of H-pyrrole nitrogens is 2. The fraction of sp³-hybridized carbons (Fsp3) is 0.290. The van der Waals surface area contributed by atoms with Crippen molar-refractivity contribution in [1.29, 1.82) is 0 Å². The van der Waals surface area contributed by atoms with E-state index in [9.17, 15) is 14.4 Å². The number of hydrogen-bond donors (Lipinski definition) is 2. The van der Waals surface area contributed by atoms with Gasteiger partial charge in [0.25, 0.3) is 11.5 Å². The van der Waals surface area contributed by atoms with Gasteiger partial charge >= 0.3 is 5.69 Å². The van der Waals surface area contributed by atoms with E-state index in [0.717, 1.165) is 60.2 Å². The molecule has 40 heavy (non-hydrogen) atoms. The third-order valence-corrected chi connectivity index (χ3v) is 8.09. The van der Waals surface area contributed by atoms with Gasteiger partial charge in [-0.1, -0.05) is 18.2 Å². The summed E-state index contributed by atoms with van der Waals surface area (Å²) in [6.07, 6.45) is 3.94. The Morgan fingerprint density at radius 1 is 0.975 bits per heavy atom. The second kappa shape index (κ2) is 10.2. The second-order valence-corrected chi connectivity index (χ2v) is 10.8. The van der Waals surface area contributed by atoms with E-state index in [1.807, 2.05) is 37.4 Å². The highest BCUT2D eigenvalue weighted by molar-refractivity contribution is 5.96. The van der Waals surface area contributed by atoms with Crippen molar-refractivity contribution < 1.29 is 4.79 Å². The molecule has 9 nitrogen and oxygen atoms in total. The first kappa shape index (κ1) is 25.8. The van der Waals surface area contributed by atoms with Crippen molar-refractivity contribution in [3.8, 4) is 11.1 Å². The molecule has 4 heterocycles. The number of fused-ring (bicyclic) bond motifs is 2. The Kier molecular flexibility index (Phi) is 6.59. The third kappa shape index (κ3) is 4.73. The van der Waals surface area contributed by atoms with Crippen molar-refractivity contribution in [3.05, 3.63) is 98.5 Å². The topological polar surface area (TPSA) is 107 Å². The molecule has 0 spiro atoms. The van der Waals surface area contributed by atoms with Crippen LogP contribution in [0.25, 0.3) is 33.1 Å². The monoisotopic (exact) mass is 536 g/mol. The molecule has 1 saturated heterocycles. The van der Waals surface area contributed by atoms with Gasteiger partial charge in [0.05, 0.1) is 10.9 Å². The summed E-state index contributed by atoms with van der Waals surface area (Å²) in [6.45, 7) is 2.82. The molecule has 0 aliphatic carbocycles. The predicted octanol–water partition coefficient (Wildman–Crippen LogP) is 3.85. The Labute approximate surface area is 231 Å². The zero-order valence-corrected chi connectivity index (χ0v) is 22.9. The first-order valence-corrected chi connectivity index (χ1v) is 13.5. The molecule has 0 bridgehead atoms. The summed E-state index contributed by atoms with van der Waals surface area (Å²) in [5, 5.41) is 1.47. The zero-order chi connectivity index (χ0) is 28.0. The number of nitrogens with one attached hydrogen (secondary N) is 2. The van der Waals surface area contributed by atoms with E-state index in [-0.39, 0.29) is 5.91 Å². The number of amides is 1. The molecule has 0 radical (unpaired) electrons. The number of aromatic nitrogens is 4. The molecule has 0 saturated carbocycles. The normalized spacial score (nSPS) is 14.7. The largest absolute Gasteiger partial charge is 0.345 e. The zero-order valence-electron chi connectivity index (χ0n) is 22.9. The summed E-state index contributed by atoms with van der Waals surface area (Å²) in [5.41, 5.74) is 5.59. The van der Waals surface area contributed by atoms with Crippen LogP contribution in [-0.4, -0.2) is 62.4 Å². The second-order valence-electron chi connectivity index (χ2n) is 10.8. The van der Waals surface area contributed by atoms with Crippen LogP contribution in [0.5, 0.6) is 0 Å². The van der Waals surface area contributed by atoms with Crippen LogP contribution in [-0.2, 0) is 13.6 Å². The molecule has 3 aromatic heterocycles. The molecular formula is C31H32N6O3. The van der Waals surface area contributed by atoms with Gasteiger partial charge in [-0.2, -0.15) is 0 Å². The molecule has 2 N–H and O–H groups in total. The van der Waals surface area contributed by atoms with E-state index in [0.29, 0.717) is 16.8 Å². The minimum atomic E-state index is -0.511. The molecule has 0 unspecified atom stereocenters. The molecule has 1 aliphatic heterocycles. The average Bonchev–Trinajstić information content (AvgIpc) is 3.28. The molecule has 0 atom stereocenters. The van der Waals surface area contributed by atoms with Gasteiger partial charge in [0.15, 0.2) is 0 Å². The molecule has 2 aromatic carbocycles. The summed E-state index contributed by atoms with van der Waals surface area (Å²) in [5.74, 6) is 0.520. The van der Waals surface area contributed by atoms with E-state index in [1.54, 1.807) is 31.3 Å². The third-order valence-electron chi connectivity index (χ3n) is 8.09. The highest BCUT2D eigenvalue weighted by Gasteiger charge is 2.23. The van der Waals surface area contributed by atoms with Gasteiger partial charge in [0.2, 0.25) is 0 Å². The number of carbonyl (C=O) groups excluding carboxylic acids is 1. The predicted molar refractivity (Wildman–Crippen MR) is 157 cm³/mol. The lowest BCUT2D eigenvalue weighted by Crippen LogP contribution is -2.33. The van der Waals surface area contributed by atoms with E-state index in [4.69, 9.17) is 0 Å². The summed E-state index contributed by atoms with van der Waals surface area (Å²) < 4.78 is 2.15. The molecule has 204 valence electrons. The lowest BCUT2D eigenvalue weighted by molar-refractivity contribution is 0.0827. The van der Waals surface area contributed by atoms with Gasteiger partial charge in [-0.3, -0.25) is 19.5 Å². The van der Waals surface area contributed by atoms with Crippen LogP contribution in [0.1, 0.15) is 40.4 Å². The Morgan fingerprint density at radius 2 is 1.73 bits per heavy atom. The first-order valence-electron chi connectivity index (χ1n) is 13.5. The van der Waals surface area contributed by atoms with Crippen LogP contribution in [0.3, 0.4) is 0 Å². The summed E-state index contributed by atoms with van der Waals surface area (Å²) in [6, 6.07) is 17.8. The smallest absolute Gasteiger partial charge is 0.326 e.